The maximum atomic E-state index is 13.4. The fourth-order valence-corrected chi connectivity index (χ4v) is 2.68. The summed E-state index contributed by atoms with van der Waals surface area (Å²) in [5.74, 6) is -0.764. The molecule has 2 aromatic rings. The summed E-state index contributed by atoms with van der Waals surface area (Å²) >= 11 is 0.988. The molecule has 6 nitrogen and oxygen atoms in total. The molecule has 1 aromatic carbocycles. The Labute approximate surface area is 135 Å². The number of halogens is 1. The lowest BCUT2D eigenvalue weighted by Crippen LogP contribution is -2.25. The predicted octanol–water partition coefficient (Wildman–Crippen LogP) is 1.50. The Hall–Kier alpha value is -2.66. The van der Waals surface area contributed by atoms with E-state index < -0.39 is 5.69 Å². The summed E-state index contributed by atoms with van der Waals surface area (Å²) in [4.78, 5) is 29.3. The van der Waals surface area contributed by atoms with E-state index in [2.05, 4.69) is 15.3 Å². The number of aromatic amines is 1. The third kappa shape index (κ3) is 4.40. The molecule has 0 aliphatic heterocycles. The smallest absolute Gasteiger partial charge is 0.346 e. The van der Waals surface area contributed by atoms with E-state index in [1.54, 1.807) is 25.1 Å². The topological polar surface area (TPSA) is 98.6 Å². The number of amides is 1. The number of rotatable bonds is 5. The second kappa shape index (κ2) is 7.56. The largest absolute Gasteiger partial charge is 0.351 e. The first-order valence-corrected chi connectivity index (χ1v) is 7.63. The van der Waals surface area contributed by atoms with E-state index >= 15 is 0 Å². The van der Waals surface area contributed by atoms with Crippen LogP contribution in [0.3, 0.4) is 0 Å². The SMILES string of the molecule is Cc1[nH]c(=O)nc(SCC(=O)NCc2ccccc2F)c1C#N. The molecule has 2 rings (SSSR count). The van der Waals surface area contributed by atoms with Crippen molar-refractivity contribution in [2.45, 2.75) is 18.5 Å². The molecule has 0 bridgehead atoms. The van der Waals surface area contributed by atoms with Crippen LogP contribution >= 0.6 is 11.8 Å². The van der Waals surface area contributed by atoms with Crippen molar-refractivity contribution in [1.82, 2.24) is 15.3 Å². The number of aromatic nitrogens is 2. The standard InChI is InChI=1S/C15H13FN4O2S/c1-9-11(6-17)14(20-15(22)19-9)23-8-13(21)18-7-10-4-2-3-5-12(10)16/h2-5H,7-8H2,1H3,(H,18,21)(H,19,20,22). The van der Waals surface area contributed by atoms with Gasteiger partial charge in [-0.05, 0) is 13.0 Å². The lowest BCUT2D eigenvalue weighted by molar-refractivity contribution is -0.118. The van der Waals surface area contributed by atoms with Crippen molar-refractivity contribution in [2.24, 2.45) is 0 Å². The molecular formula is C15H13FN4O2S. The number of nitrogens with one attached hydrogen (secondary N) is 2. The third-order valence-corrected chi connectivity index (χ3v) is 3.95. The van der Waals surface area contributed by atoms with E-state index in [-0.39, 0.29) is 34.6 Å². The molecule has 1 amide bonds. The van der Waals surface area contributed by atoms with E-state index in [0.717, 1.165) is 11.8 Å². The number of hydrogen-bond acceptors (Lipinski definition) is 5. The van der Waals surface area contributed by atoms with Gasteiger partial charge in [-0.3, -0.25) is 4.79 Å². The van der Waals surface area contributed by atoms with Gasteiger partial charge < -0.3 is 10.3 Å². The summed E-state index contributed by atoms with van der Waals surface area (Å²) in [6, 6.07) is 8.10. The lowest BCUT2D eigenvalue weighted by atomic mass is 10.2. The molecule has 2 N–H and O–H groups in total. The van der Waals surface area contributed by atoms with Gasteiger partial charge in [-0.25, -0.2) is 9.18 Å². The number of nitrogens with zero attached hydrogens (tertiary/aromatic N) is 2. The maximum Gasteiger partial charge on any atom is 0.346 e. The quantitative estimate of drug-likeness (QED) is 0.638. The Kier molecular flexibility index (Phi) is 5.49. The Morgan fingerprint density at radius 1 is 1.48 bits per heavy atom. The van der Waals surface area contributed by atoms with Crippen molar-refractivity contribution in [3.63, 3.8) is 0 Å². The van der Waals surface area contributed by atoms with E-state index in [9.17, 15) is 14.0 Å². The molecule has 0 radical (unpaired) electrons. The van der Waals surface area contributed by atoms with Gasteiger partial charge in [0.05, 0.1) is 5.75 Å². The Bertz CT molecular complexity index is 829. The summed E-state index contributed by atoms with van der Waals surface area (Å²) in [6.45, 7) is 1.66. The summed E-state index contributed by atoms with van der Waals surface area (Å²) in [5, 5.41) is 11.9. The van der Waals surface area contributed by atoms with Crippen LogP contribution in [0, 0.1) is 24.1 Å². The van der Waals surface area contributed by atoms with Gasteiger partial charge in [-0.1, -0.05) is 30.0 Å². The van der Waals surface area contributed by atoms with Crippen LogP contribution in [0.15, 0.2) is 34.1 Å². The van der Waals surface area contributed by atoms with Crippen molar-refractivity contribution in [3.05, 3.63) is 57.4 Å². The van der Waals surface area contributed by atoms with Gasteiger partial charge in [0.25, 0.3) is 0 Å². The molecule has 118 valence electrons. The third-order valence-electron chi connectivity index (χ3n) is 2.97. The fourth-order valence-electron chi connectivity index (χ4n) is 1.82. The van der Waals surface area contributed by atoms with Gasteiger partial charge in [0.15, 0.2) is 0 Å². The molecule has 0 saturated heterocycles. The summed E-state index contributed by atoms with van der Waals surface area (Å²) in [6.07, 6.45) is 0. The van der Waals surface area contributed by atoms with Crippen LogP contribution in [0.25, 0.3) is 0 Å². The number of aryl methyl sites for hydroxylation is 1. The van der Waals surface area contributed by atoms with Gasteiger partial charge in [0, 0.05) is 17.8 Å². The molecule has 0 unspecified atom stereocenters. The fraction of sp³-hybridized carbons (Fsp3) is 0.200. The number of carbonyl (C=O) groups is 1. The minimum Gasteiger partial charge on any atom is -0.351 e. The van der Waals surface area contributed by atoms with E-state index in [1.807, 2.05) is 6.07 Å². The summed E-state index contributed by atoms with van der Waals surface area (Å²) < 4.78 is 13.4. The highest BCUT2D eigenvalue weighted by Crippen LogP contribution is 2.19. The molecule has 0 aliphatic carbocycles. The molecule has 1 aromatic heterocycles. The molecule has 0 saturated carbocycles. The molecule has 0 aliphatic rings. The normalized spacial score (nSPS) is 10.1. The Morgan fingerprint density at radius 2 is 2.22 bits per heavy atom. The van der Waals surface area contributed by atoms with Gasteiger partial charge in [0.2, 0.25) is 5.91 Å². The van der Waals surface area contributed by atoms with Crippen LogP contribution in [-0.4, -0.2) is 21.6 Å². The van der Waals surface area contributed by atoms with Gasteiger partial charge in [-0.2, -0.15) is 10.2 Å². The number of benzene rings is 1. The second-order valence-electron chi connectivity index (χ2n) is 4.62. The van der Waals surface area contributed by atoms with Crippen molar-refractivity contribution in [2.75, 3.05) is 5.75 Å². The van der Waals surface area contributed by atoms with Crippen molar-refractivity contribution >= 4 is 17.7 Å². The first-order valence-electron chi connectivity index (χ1n) is 6.65. The Balaban J connectivity index is 1.97. The summed E-state index contributed by atoms with van der Waals surface area (Å²) in [7, 11) is 0. The average molecular weight is 332 g/mol. The first kappa shape index (κ1) is 16.7. The van der Waals surface area contributed by atoms with E-state index in [0.29, 0.717) is 11.3 Å². The Morgan fingerprint density at radius 3 is 2.91 bits per heavy atom. The number of thioether (sulfide) groups is 1. The van der Waals surface area contributed by atoms with E-state index in [4.69, 9.17) is 5.26 Å². The first-order chi connectivity index (χ1) is 11.0. The van der Waals surface area contributed by atoms with E-state index in [1.165, 1.54) is 6.07 Å². The van der Waals surface area contributed by atoms with Crippen LogP contribution in [0.1, 0.15) is 16.8 Å². The minimum absolute atomic E-state index is 0.0287. The molecule has 1 heterocycles. The highest BCUT2D eigenvalue weighted by molar-refractivity contribution is 8.00. The van der Waals surface area contributed by atoms with Crippen LogP contribution in [-0.2, 0) is 11.3 Å². The number of H-pyrrole nitrogens is 1. The zero-order valence-corrected chi connectivity index (χ0v) is 13.0. The molecule has 0 fully saturated rings. The van der Waals surface area contributed by atoms with Crippen molar-refractivity contribution in [3.8, 4) is 6.07 Å². The zero-order valence-electron chi connectivity index (χ0n) is 12.2. The second-order valence-corrected chi connectivity index (χ2v) is 5.58. The maximum absolute atomic E-state index is 13.4. The van der Waals surface area contributed by atoms with Crippen LogP contribution in [0.4, 0.5) is 4.39 Å². The van der Waals surface area contributed by atoms with Gasteiger partial charge in [-0.15, -0.1) is 0 Å². The minimum atomic E-state index is -0.573. The monoisotopic (exact) mass is 332 g/mol. The predicted molar refractivity (Wildman–Crippen MR) is 83.3 cm³/mol. The molecule has 0 spiro atoms. The van der Waals surface area contributed by atoms with Crippen LogP contribution < -0.4 is 11.0 Å². The lowest BCUT2D eigenvalue weighted by Gasteiger charge is -2.07. The number of hydrogen-bond donors (Lipinski definition) is 2. The molecule has 8 heteroatoms. The van der Waals surface area contributed by atoms with Crippen LogP contribution in [0.2, 0.25) is 0 Å². The van der Waals surface area contributed by atoms with Crippen molar-refractivity contribution < 1.29 is 9.18 Å². The zero-order chi connectivity index (χ0) is 16.8. The number of nitriles is 1. The summed E-state index contributed by atoms with van der Waals surface area (Å²) in [5.41, 5.74) is 0.447. The molecular weight excluding hydrogens is 319 g/mol. The van der Waals surface area contributed by atoms with Gasteiger partial charge >= 0.3 is 5.69 Å². The molecule has 0 atom stereocenters. The van der Waals surface area contributed by atoms with Gasteiger partial charge in [0.1, 0.15) is 22.5 Å². The van der Waals surface area contributed by atoms with Crippen LogP contribution in [0.5, 0.6) is 0 Å². The highest BCUT2D eigenvalue weighted by atomic mass is 32.2. The number of carbonyl (C=O) groups excluding carboxylic acids is 1. The molecule has 23 heavy (non-hydrogen) atoms. The highest BCUT2D eigenvalue weighted by Gasteiger charge is 2.12. The van der Waals surface area contributed by atoms with Crippen molar-refractivity contribution in [1.29, 1.82) is 5.26 Å². The average Bonchev–Trinajstić information content (AvgIpc) is 2.51.